The summed E-state index contributed by atoms with van der Waals surface area (Å²) < 4.78 is 36.1. The molecule has 14 nitrogen and oxygen atoms in total. The zero-order valence-electron chi connectivity index (χ0n) is 25.7. The number of ether oxygens (including phenoxy) is 1. The van der Waals surface area contributed by atoms with E-state index in [0.29, 0.717) is 41.9 Å². The molecule has 0 spiro atoms. The van der Waals surface area contributed by atoms with E-state index >= 15 is 0 Å². The van der Waals surface area contributed by atoms with Crippen LogP contribution in [0.4, 0.5) is 0 Å². The van der Waals surface area contributed by atoms with Crippen molar-refractivity contribution >= 4 is 38.7 Å². The van der Waals surface area contributed by atoms with Gasteiger partial charge in [0.1, 0.15) is 17.4 Å². The summed E-state index contributed by atoms with van der Waals surface area (Å²) >= 11 is 0. The molecule has 1 heterocycles. The molecule has 0 saturated heterocycles. The van der Waals surface area contributed by atoms with Gasteiger partial charge in [0.25, 0.3) is 5.91 Å². The number of carbonyl (C=O) groups excluding carboxylic acids is 2. The SMILES string of the molecule is CNCCNC(=O)CCCOc1cc(C)c(S(=O)(=O)NC(CNC(=O)c2cn(C)c3cc(CN)ccc3c2=O)C(=O)O)c(C)c1. The molecule has 0 aliphatic carbocycles. The van der Waals surface area contributed by atoms with Gasteiger partial charge in [-0.1, -0.05) is 6.07 Å². The second kappa shape index (κ2) is 15.6. The first-order valence-electron chi connectivity index (χ1n) is 14.3. The van der Waals surface area contributed by atoms with Gasteiger partial charge in [-0.05, 0) is 68.3 Å². The maximum absolute atomic E-state index is 13.3. The number of aliphatic carboxylic acids is 1. The normalized spacial score (nSPS) is 12.1. The van der Waals surface area contributed by atoms with Crippen molar-refractivity contribution in [3.8, 4) is 5.75 Å². The zero-order chi connectivity index (χ0) is 33.3. The van der Waals surface area contributed by atoms with Crippen LogP contribution in [-0.2, 0) is 33.2 Å². The van der Waals surface area contributed by atoms with Crippen LogP contribution < -0.4 is 36.6 Å². The highest BCUT2D eigenvalue weighted by molar-refractivity contribution is 7.89. The number of hydrogen-bond donors (Lipinski definition) is 6. The Labute approximate surface area is 261 Å². The maximum Gasteiger partial charge on any atom is 0.323 e. The van der Waals surface area contributed by atoms with Gasteiger partial charge in [0.15, 0.2) is 0 Å². The molecule has 0 saturated carbocycles. The molecule has 45 heavy (non-hydrogen) atoms. The summed E-state index contributed by atoms with van der Waals surface area (Å²) in [6.45, 7) is 4.17. The first-order valence-corrected chi connectivity index (χ1v) is 15.8. The lowest BCUT2D eigenvalue weighted by molar-refractivity contribution is -0.138. The van der Waals surface area contributed by atoms with E-state index in [4.69, 9.17) is 10.5 Å². The second-order valence-corrected chi connectivity index (χ2v) is 12.2. The number of carboxylic acid groups (broad SMARTS) is 1. The van der Waals surface area contributed by atoms with Gasteiger partial charge in [0.2, 0.25) is 21.4 Å². The molecule has 0 fully saturated rings. The summed E-state index contributed by atoms with van der Waals surface area (Å²) in [5.74, 6) is -2.07. The van der Waals surface area contributed by atoms with Crippen molar-refractivity contribution in [3.63, 3.8) is 0 Å². The summed E-state index contributed by atoms with van der Waals surface area (Å²) in [6, 6.07) is 6.28. The van der Waals surface area contributed by atoms with Gasteiger partial charge >= 0.3 is 5.97 Å². The molecule has 0 radical (unpaired) electrons. The van der Waals surface area contributed by atoms with Gasteiger partial charge in [-0.25, -0.2) is 8.42 Å². The molecule has 1 aromatic heterocycles. The fourth-order valence-corrected chi connectivity index (χ4v) is 6.43. The van der Waals surface area contributed by atoms with Crippen LogP contribution in [0.3, 0.4) is 0 Å². The Hall–Kier alpha value is -4.31. The Balaban J connectivity index is 1.68. The molecule has 0 aliphatic heterocycles. The quantitative estimate of drug-likeness (QED) is 0.117. The summed E-state index contributed by atoms with van der Waals surface area (Å²) in [6.07, 6.45) is 2.06. The van der Waals surface area contributed by atoms with Crippen LogP contribution in [0, 0.1) is 13.8 Å². The van der Waals surface area contributed by atoms with E-state index in [1.807, 2.05) is 0 Å². The van der Waals surface area contributed by atoms with Gasteiger partial charge in [0.05, 0.1) is 17.0 Å². The minimum Gasteiger partial charge on any atom is -0.494 e. The average molecular weight is 645 g/mol. The third-order valence-corrected chi connectivity index (χ3v) is 8.79. The average Bonchev–Trinajstić information content (AvgIpc) is 2.98. The lowest BCUT2D eigenvalue weighted by Gasteiger charge is -2.19. The van der Waals surface area contributed by atoms with Crippen molar-refractivity contribution < 1.29 is 32.6 Å². The predicted octanol–water partition coefficient (Wildman–Crippen LogP) is 0.270. The first kappa shape index (κ1) is 35.2. The van der Waals surface area contributed by atoms with Crippen LogP contribution in [-0.4, -0.2) is 75.2 Å². The number of aromatic nitrogens is 1. The van der Waals surface area contributed by atoms with Crippen molar-refractivity contribution in [3.05, 3.63) is 69.0 Å². The third-order valence-electron chi connectivity index (χ3n) is 7.01. The molecular weight excluding hydrogens is 604 g/mol. The Morgan fingerprint density at radius 3 is 2.38 bits per heavy atom. The Morgan fingerprint density at radius 2 is 1.76 bits per heavy atom. The van der Waals surface area contributed by atoms with Crippen molar-refractivity contribution in [2.75, 3.05) is 33.3 Å². The van der Waals surface area contributed by atoms with E-state index < -0.39 is 39.9 Å². The van der Waals surface area contributed by atoms with Gasteiger partial charge < -0.3 is 36.1 Å². The van der Waals surface area contributed by atoms with E-state index in [0.717, 1.165) is 5.56 Å². The number of carboxylic acids is 1. The van der Waals surface area contributed by atoms with Gasteiger partial charge in [-0.15, -0.1) is 0 Å². The van der Waals surface area contributed by atoms with Crippen LogP contribution in [0.1, 0.15) is 39.9 Å². The highest BCUT2D eigenvalue weighted by Crippen LogP contribution is 2.26. The van der Waals surface area contributed by atoms with E-state index in [2.05, 4.69) is 20.7 Å². The monoisotopic (exact) mass is 644 g/mol. The lowest BCUT2D eigenvalue weighted by Crippen LogP contribution is -2.49. The standard InChI is InChI=1S/C30H40N6O8S/c1-18-12-21(44-11-5-6-26(37)33-10-9-32-3)13-19(2)28(18)45(42,43)35-24(30(40)41)16-34-29(39)23-17-36(4)25-14-20(15-31)7-8-22(25)27(23)38/h7-8,12-14,17,24,32,35H,5-6,9-11,15-16,31H2,1-4H3,(H,33,37)(H,34,39)(H,40,41). The zero-order valence-corrected chi connectivity index (χ0v) is 26.5. The van der Waals surface area contributed by atoms with Crippen LogP contribution in [0.25, 0.3) is 10.9 Å². The maximum atomic E-state index is 13.3. The molecule has 3 rings (SSSR count). The molecule has 15 heteroatoms. The molecule has 2 amide bonds. The summed E-state index contributed by atoms with van der Waals surface area (Å²) in [5.41, 5.74) is 6.90. The first-order chi connectivity index (χ1) is 21.3. The molecule has 2 aromatic carbocycles. The number of nitrogens with two attached hydrogens (primary N) is 1. The minimum absolute atomic E-state index is 0.0981. The highest BCUT2D eigenvalue weighted by atomic mass is 32.2. The van der Waals surface area contributed by atoms with Crippen molar-refractivity contribution in [1.29, 1.82) is 0 Å². The van der Waals surface area contributed by atoms with Crippen molar-refractivity contribution in [1.82, 2.24) is 25.2 Å². The predicted molar refractivity (Wildman–Crippen MR) is 169 cm³/mol. The number of carbonyl (C=O) groups is 3. The van der Waals surface area contributed by atoms with Gasteiger partial charge in [-0.2, -0.15) is 4.72 Å². The van der Waals surface area contributed by atoms with Gasteiger partial charge in [0, 0.05) is 51.2 Å². The van der Waals surface area contributed by atoms with Crippen LogP contribution in [0.15, 0.2) is 46.2 Å². The van der Waals surface area contributed by atoms with Crippen LogP contribution in [0.2, 0.25) is 0 Å². The van der Waals surface area contributed by atoms with Crippen molar-refractivity contribution in [2.24, 2.45) is 12.8 Å². The fourth-order valence-electron chi connectivity index (χ4n) is 4.79. The lowest BCUT2D eigenvalue weighted by atomic mass is 10.1. The Kier molecular flexibility index (Phi) is 12.2. The Bertz CT molecular complexity index is 1720. The molecule has 1 unspecified atom stereocenters. The van der Waals surface area contributed by atoms with E-state index in [1.54, 1.807) is 50.7 Å². The number of likely N-dealkylation sites (N-methyl/N-ethyl adjacent to an activating group) is 1. The van der Waals surface area contributed by atoms with Gasteiger partial charge in [-0.3, -0.25) is 19.2 Å². The molecule has 0 bridgehead atoms. The number of aryl methyl sites for hydroxylation is 3. The molecule has 3 aromatic rings. The number of rotatable bonds is 16. The number of nitrogens with one attached hydrogen (secondary N) is 4. The fraction of sp³-hybridized carbons (Fsp3) is 0.400. The number of fused-ring (bicyclic) bond motifs is 1. The number of amides is 2. The number of sulfonamides is 1. The summed E-state index contributed by atoms with van der Waals surface area (Å²) in [4.78, 5) is 49.7. The molecule has 1 atom stereocenters. The topological polar surface area (TPSA) is 211 Å². The number of nitrogens with zero attached hydrogens (tertiary/aromatic N) is 1. The van der Waals surface area contributed by atoms with E-state index in [9.17, 15) is 32.7 Å². The largest absolute Gasteiger partial charge is 0.494 e. The second-order valence-electron chi connectivity index (χ2n) is 10.6. The van der Waals surface area contributed by atoms with E-state index in [-0.39, 0.29) is 41.3 Å². The third kappa shape index (κ3) is 9.11. The highest BCUT2D eigenvalue weighted by Gasteiger charge is 2.29. The number of hydrogen-bond acceptors (Lipinski definition) is 9. The van der Waals surface area contributed by atoms with Crippen LogP contribution in [0.5, 0.6) is 5.75 Å². The number of benzene rings is 2. The Morgan fingerprint density at radius 1 is 1.07 bits per heavy atom. The molecule has 244 valence electrons. The van der Waals surface area contributed by atoms with Crippen molar-refractivity contribution in [2.45, 2.75) is 44.2 Å². The summed E-state index contributed by atoms with van der Waals surface area (Å²) in [5, 5.41) is 18.1. The van der Waals surface area contributed by atoms with Crippen LogP contribution >= 0.6 is 0 Å². The molecular formula is C30H40N6O8S. The summed E-state index contributed by atoms with van der Waals surface area (Å²) in [7, 11) is -0.922. The number of pyridine rings is 1. The minimum atomic E-state index is -4.36. The van der Waals surface area contributed by atoms with E-state index in [1.165, 1.54) is 18.3 Å². The molecule has 7 N–H and O–H groups in total. The molecule has 0 aliphatic rings. The smallest absolute Gasteiger partial charge is 0.323 e.